The van der Waals surface area contributed by atoms with Gasteiger partial charge in [-0.25, -0.2) is 0 Å². The number of nitrogens with one attached hydrogen (secondary N) is 1. The minimum atomic E-state index is -0.301. The molecule has 0 aliphatic rings. The van der Waals surface area contributed by atoms with Crippen LogP contribution in [0.15, 0.2) is 42.5 Å². The molecule has 0 fully saturated rings. The maximum absolute atomic E-state index is 12.1. The number of ether oxygens (including phenoxy) is 3. The smallest absolute Gasteiger partial charge is 0.248 e. The zero-order chi connectivity index (χ0) is 17.5. The molecule has 0 spiro atoms. The van der Waals surface area contributed by atoms with Gasteiger partial charge in [0.15, 0.2) is 11.5 Å². The molecule has 0 radical (unpaired) electrons. The van der Waals surface area contributed by atoms with E-state index in [0.29, 0.717) is 28.0 Å². The molecule has 1 N–H and O–H groups in total. The van der Waals surface area contributed by atoms with Gasteiger partial charge in [-0.05, 0) is 42.0 Å². The lowest BCUT2D eigenvalue weighted by molar-refractivity contribution is -0.111. The van der Waals surface area contributed by atoms with Crippen molar-refractivity contribution in [1.82, 2.24) is 0 Å². The maximum atomic E-state index is 12.1. The monoisotopic (exact) mass is 347 g/mol. The van der Waals surface area contributed by atoms with Crippen molar-refractivity contribution in [3.05, 3.63) is 53.1 Å². The average molecular weight is 348 g/mol. The van der Waals surface area contributed by atoms with Gasteiger partial charge in [-0.3, -0.25) is 4.79 Å². The summed E-state index contributed by atoms with van der Waals surface area (Å²) in [7, 11) is 4.65. The minimum Gasteiger partial charge on any atom is -0.495 e. The number of hydrogen-bond donors (Lipinski definition) is 1. The molecule has 2 aromatic carbocycles. The summed E-state index contributed by atoms with van der Waals surface area (Å²) >= 11 is 5.94. The van der Waals surface area contributed by atoms with Gasteiger partial charge < -0.3 is 19.5 Å². The molecule has 0 aliphatic heterocycles. The fraction of sp³-hybridized carbons (Fsp3) is 0.167. The third-order valence-corrected chi connectivity index (χ3v) is 3.49. The van der Waals surface area contributed by atoms with Crippen LogP contribution in [0.3, 0.4) is 0 Å². The van der Waals surface area contributed by atoms with Crippen LogP contribution in [0.5, 0.6) is 17.2 Å². The number of hydrogen-bond acceptors (Lipinski definition) is 4. The Bertz CT molecular complexity index is 759. The van der Waals surface area contributed by atoms with E-state index in [1.54, 1.807) is 50.6 Å². The van der Waals surface area contributed by atoms with E-state index < -0.39 is 0 Å². The van der Waals surface area contributed by atoms with E-state index >= 15 is 0 Å². The van der Waals surface area contributed by atoms with Crippen molar-refractivity contribution in [3.63, 3.8) is 0 Å². The summed E-state index contributed by atoms with van der Waals surface area (Å²) in [6, 6.07) is 10.4. The Kier molecular flexibility index (Phi) is 6.09. The predicted molar refractivity (Wildman–Crippen MR) is 95.2 cm³/mol. The molecule has 0 atom stereocenters. The fourth-order valence-corrected chi connectivity index (χ4v) is 2.25. The molecule has 0 bridgehead atoms. The lowest BCUT2D eigenvalue weighted by Gasteiger charge is -2.09. The summed E-state index contributed by atoms with van der Waals surface area (Å²) in [5.74, 6) is 1.46. The number of carbonyl (C=O) groups excluding carboxylic acids is 1. The Labute approximate surface area is 145 Å². The summed E-state index contributed by atoms with van der Waals surface area (Å²) in [6.45, 7) is 0. The standard InChI is InChI=1S/C18H18ClNO4/c1-22-15-8-6-13(19)11-14(15)20-18(21)9-5-12-4-7-16(23-2)17(10-12)24-3/h4-11H,1-3H3,(H,20,21)/b9-5+. The molecular formula is C18H18ClNO4. The Morgan fingerprint density at radius 2 is 1.62 bits per heavy atom. The van der Waals surface area contributed by atoms with E-state index in [1.807, 2.05) is 6.07 Å². The highest BCUT2D eigenvalue weighted by atomic mass is 35.5. The number of methoxy groups -OCH3 is 3. The van der Waals surface area contributed by atoms with Crippen molar-refractivity contribution in [3.8, 4) is 17.2 Å². The lowest BCUT2D eigenvalue weighted by atomic mass is 10.2. The van der Waals surface area contributed by atoms with Crippen LogP contribution in [0, 0.1) is 0 Å². The van der Waals surface area contributed by atoms with Crippen LogP contribution in [0.2, 0.25) is 5.02 Å². The first kappa shape index (κ1) is 17.7. The topological polar surface area (TPSA) is 56.8 Å². The number of amides is 1. The SMILES string of the molecule is COc1ccc(Cl)cc1NC(=O)/C=C/c1ccc(OC)c(OC)c1. The van der Waals surface area contributed by atoms with Crippen LogP contribution in [0.1, 0.15) is 5.56 Å². The summed E-state index contributed by atoms with van der Waals surface area (Å²) in [6.07, 6.45) is 3.09. The van der Waals surface area contributed by atoms with E-state index in [0.717, 1.165) is 5.56 Å². The average Bonchev–Trinajstić information content (AvgIpc) is 2.59. The van der Waals surface area contributed by atoms with E-state index in [9.17, 15) is 4.79 Å². The summed E-state index contributed by atoms with van der Waals surface area (Å²) in [5, 5.41) is 3.24. The molecule has 0 saturated heterocycles. The van der Waals surface area contributed by atoms with Gasteiger partial charge in [0, 0.05) is 11.1 Å². The van der Waals surface area contributed by atoms with Gasteiger partial charge in [-0.2, -0.15) is 0 Å². The maximum Gasteiger partial charge on any atom is 0.248 e. The predicted octanol–water partition coefficient (Wildman–Crippen LogP) is 4.02. The highest BCUT2D eigenvalue weighted by Gasteiger charge is 2.07. The molecule has 1 amide bonds. The van der Waals surface area contributed by atoms with Crippen molar-refractivity contribution in [2.24, 2.45) is 0 Å². The summed E-state index contributed by atoms with van der Waals surface area (Å²) in [5.41, 5.74) is 1.31. The van der Waals surface area contributed by atoms with E-state index in [2.05, 4.69) is 5.32 Å². The summed E-state index contributed by atoms with van der Waals surface area (Å²) in [4.78, 5) is 12.1. The molecule has 126 valence electrons. The normalized spacial score (nSPS) is 10.5. The van der Waals surface area contributed by atoms with Crippen molar-refractivity contribution >= 4 is 29.3 Å². The summed E-state index contributed by atoms with van der Waals surface area (Å²) < 4.78 is 15.6. The van der Waals surface area contributed by atoms with Crippen molar-refractivity contribution in [1.29, 1.82) is 0 Å². The third kappa shape index (κ3) is 4.43. The Morgan fingerprint density at radius 1 is 0.958 bits per heavy atom. The second kappa shape index (κ2) is 8.26. The molecule has 5 nitrogen and oxygen atoms in total. The Balaban J connectivity index is 2.12. The number of halogens is 1. The number of benzene rings is 2. The first-order valence-corrected chi connectivity index (χ1v) is 7.49. The Hall–Kier alpha value is -2.66. The molecule has 24 heavy (non-hydrogen) atoms. The molecule has 0 heterocycles. The van der Waals surface area contributed by atoms with E-state index in [-0.39, 0.29) is 5.91 Å². The molecular weight excluding hydrogens is 330 g/mol. The van der Waals surface area contributed by atoms with Crippen molar-refractivity contribution in [2.75, 3.05) is 26.6 Å². The van der Waals surface area contributed by atoms with Gasteiger partial charge in [0.2, 0.25) is 5.91 Å². The number of anilines is 1. The van der Waals surface area contributed by atoms with Gasteiger partial charge in [-0.1, -0.05) is 17.7 Å². The van der Waals surface area contributed by atoms with Crippen LogP contribution >= 0.6 is 11.6 Å². The van der Waals surface area contributed by atoms with Crippen LogP contribution in [0.4, 0.5) is 5.69 Å². The van der Waals surface area contributed by atoms with Crippen LogP contribution in [0.25, 0.3) is 6.08 Å². The number of carbonyl (C=O) groups is 1. The molecule has 2 rings (SSSR count). The van der Waals surface area contributed by atoms with Crippen molar-refractivity contribution in [2.45, 2.75) is 0 Å². The van der Waals surface area contributed by atoms with E-state index in [4.69, 9.17) is 25.8 Å². The van der Waals surface area contributed by atoms with Crippen LogP contribution in [-0.4, -0.2) is 27.2 Å². The second-order valence-electron chi connectivity index (χ2n) is 4.78. The minimum absolute atomic E-state index is 0.301. The van der Waals surface area contributed by atoms with Crippen molar-refractivity contribution < 1.29 is 19.0 Å². The highest BCUT2D eigenvalue weighted by Crippen LogP contribution is 2.29. The van der Waals surface area contributed by atoms with Gasteiger partial charge in [0.25, 0.3) is 0 Å². The molecule has 0 unspecified atom stereocenters. The number of rotatable bonds is 6. The second-order valence-corrected chi connectivity index (χ2v) is 5.22. The molecule has 0 saturated carbocycles. The molecule has 2 aromatic rings. The van der Waals surface area contributed by atoms with Gasteiger partial charge >= 0.3 is 0 Å². The highest BCUT2D eigenvalue weighted by molar-refractivity contribution is 6.31. The zero-order valence-electron chi connectivity index (χ0n) is 13.6. The molecule has 6 heteroatoms. The van der Waals surface area contributed by atoms with Crippen LogP contribution in [-0.2, 0) is 4.79 Å². The van der Waals surface area contributed by atoms with Gasteiger partial charge in [0.05, 0.1) is 27.0 Å². The lowest BCUT2D eigenvalue weighted by Crippen LogP contribution is -2.08. The van der Waals surface area contributed by atoms with Gasteiger partial charge in [-0.15, -0.1) is 0 Å². The Morgan fingerprint density at radius 3 is 2.29 bits per heavy atom. The molecule has 0 aromatic heterocycles. The quantitative estimate of drug-likeness (QED) is 0.802. The zero-order valence-corrected chi connectivity index (χ0v) is 14.4. The van der Waals surface area contributed by atoms with Gasteiger partial charge in [0.1, 0.15) is 5.75 Å². The molecule has 0 aliphatic carbocycles. The largest absolute Gasteiger partial charge is 0.495 e. The van der Waals surface area contributed by atoms with E-state index in [1.165, 1.54) is 13.2 Å². The first-order valence-electron chi connectivity index (χ1n) is 7.12. The van der Waals surface area contributed by atoms with Crippen LogP contribution < -0.4 is 19.5 Å². The first-order chi connectivity index (χ1) is 11.6. The third-order valence-electron chi connectivity index (χ3n) is 3.25. The fourth-order valence-electron chi connectivity index (χ4n) is 2.08.